The van der Waals surface area contributed by atoms with Crippen molar-refractivity contribution in [1.29, 1.82) is 0 Å². The lowest BCUT2D eigenvalue weighted by Crippen LogP contribution is -2.22. The van der Waals surface area contributed by atoms with Crippen LogP contribution < -0.4 is 0 Å². The molecule has 1 aliphatic carbocycles. The molecule has 4 heteroatoms. The van der Waals surface area contributed by atoms with Crippen LogP contribution in [-0.4, -0.2) is 25.7 Å². The predicted molar refractivity (Wildman–Crippen MR) is 69.7 cm³/mol. The monoisotopic (exact) mass is 258 g/mol. The Morgan fingerprint density at radius 3 is 2.47 bits per heavy atom. The Kier molecular flexibility index (Phi) is 4.53. The third-order valence-corrected chi connectivity index (χ3v) is 4.91. The van der Waals surface area contributed by atoms with Gasteiger partial charge in [-0.2, -0.15) is 0 Å². The van der Waals surface area contributed by atoms with Gasteiger partial charge in [-0.1, -0.05) is 26.3 Å². The fraction of sp³-hybridized carbons (Fsp3) is 0.769. The van der Waals surface area contributed by atoms with E-state index in [1.807, 2.05) is 0 Å². The summed E-state index contributed by atoms with van der Waals surface area (Å²) in [6.07, 6.45) is 4.58. The number of sulfone groups is 1. The van der Waals surface area contributed by atoms with Crippen LogP contribution >= 0.6 is 0 Å². The van der Waals surface area contributed by atoms with Crippen molar-refractivity contribution in [3.05, 3.63) is 11.6 Å². The van der Waals surface area contributed by atoms with Crippen molar-refractivity contribution in [2.24, 2.45) is 5.41 Å². The fourth-order valence-corrected chi connectivity index (χ4v) is 3.18. The summed E-state index contributed by atoms with van der Waals surface area (Å²) < 4.78 is 22.7. The largest absolute Gasteiger partial charge is 0.295 e. The van der Waals surface area contributed by atoms with E-state index < -0.39 is 9.84 Å². The molecule has 0 amide bonds. The number of carbonyl (C=O) groups excluding carboxylic acids is 1. The van der Waals surface area contributed by atoms with E-state index >= 15 is 0 Å². The summed E-state index contributed by atoms with van der Waals surface area (Å²) in [6, 6.07) is 0. The molecule has 0 bridgehead atoms. The van der Waals surface area contributed by atoms with E-state index in [0.29, 0.717) is 12.8 Å². The SMILES string of the molecule is CCS(=O)(=O)CCCC1=CC(=O)CC(C)(C)C1. The molecule has 0 aromatic rings. The molecule has 0 aromatic carbocycles. The van der Waals surface area contributed by atoms with Crippen LogP contribution in [-0.2, 0) is 14.6 Å². The van der Waals surface area contributed by atoms with Gasteiger partial charge in [-0.15, -0.1) is 0 Å². The highest BCUT2D eigenvalue weighted by atomic mass is 32.2. The van der Waals surface area contributed by atoms with E-state index in [1.165, 1.54) is 0 Å². The van der Waals surface area contributed by atoms with Gasteiger partial charge in [0.15, 0.2) is 5.78 Å². The van der Waals surface area contributed by atoms with Crippen LogP contribution in [0.4, 0.5) is 0 Å². The molecule has 0 N–H and O–H groups in total. The van der Waals surface area contributed by atoms with E-state index in [9.17, 15) is 13.2 Å². The molecule has 0 aliphatic heterocycles. The van der Waals surface area contributed by atoms with Crippen LogP contribution in [0.3, 0.4) is 0 Å². The summed E-state index contributed by atoms with van der Waals surface area (Å²) in [5, 5.41) is 0. The third kappa shape index (κ3) is 5.02. The zero-order valence-corrected chi connectivity index (χ0v) is 11.8. The summed E-state index contributed by atoms with van der Waals surface area (Å²) in [4.78, 5) is 11.5. The van der Waals surface area contributed by atoms with Crippen molar-refractivity contribution in [1.82, 2.24) is 0 Å². The Balaban J connectivity index is 2.50. The Labute approximate surface area is 104 Å². The molecule has 1 rings (SSSR count). The predicted octanol–water partition coefficient (Wildman–Crippen LogP) is 2.52. The van der Waals surface area contributed by atoms with Crippen molar-refractivity contribution in [2.75, 3.05) is 11.5 Å². The highest BCUT2D eigenvalue weighted by Crippen LogP contribution is 2.35. The van der Waals surface area contributed by atoms with Crippen LogP contribution in [0.5, 0.6) is 0 Å². The molecule has 0 atom stereocenters. The van der Waals surface area contributed by atoms with Crippen molar-refractivity contribution < 1.29 is 13.2 Å². The normalized spacial score (nSPS) is 20.2. The minimum Gasteiger partial charge on any atom is -0.295 e. The quantitative estimate of drug-likeness (QED) is 0.761. The first-order valence-electron chi connectivity index (χ1n) is 6.17. The van der Waals surface area contributed by atoms with Crippen LogP contribution in [0.1, 0.15) is 46.5 Å². The second kappa shape index (κ2) is 5.34. The lowest BCUT2D eigenvalue weighted by atomic mass is 9.76. The molecule has 0 radical (unpaired) electrons. The molecule has 17 heavy (non-hydrogen) atoms. The number of hydrogen-bond donors (Lipinski definition) is 0. The average molecular weight is 258 g/mol. The van der Waals surface area contributed by atoms with E-state index in [-0.39, 0.29) is 22.7 Å². The first-order valence-corrected chi connectivity index (χ1v) is 7.99. The molecule has 3 nitrogen and oxygen atoms in total. The zero-order valence-electron chi connectivity index (χ0n) is 11.0. The van der Waals surface area contributed by atoms with Gasteiger partial charge in [-0.05, 0) is 30.8 Å². The molecule has 0 heterocycles. The smallest absolute Gasteiger partial charge is 0.156 e. The first kappa shape index (κ1) is 14.4. The lowest BCUT2D eigenvalue weighted by Gasteiger charge is -2.28. The standard InChI is InChI=1S/C13H22O3S/c1-4-17(15,16)7-5-6-11-8-12(14)10-13(2,3)9-11/h8H,4-7,9-10H2,1-3H3. The number of ketones is 1. The fourth-order valence-electron chi connectivity index (χ4n) is 2.30. The molecule has 1 aliphatic rings. The van der Waals surface area contributed by atoms with Gasteiger partial charge >= 0.3 is 0 Å². The Hall–Kier alpha value is -0.640. The average Bonchev–Trinajstić information content (AvgIpc) is 2.14. The molecule has 0 saturated heterocycles. The first-order chi connectivity index (χ1) is 7.74. The van der Waals surface area contributed by atoms with Crippen LogP contribution in [0.25, 0.3) is 0 Å². The number of allylic oxidation sites excluding steroid dienone is 2. The van der Waals surface area contributed by atoms with Gasteiger partial charge < -0.3 is 0 Å². The minimum atomic E-state index is -2.87. The van der Waals surface area contributed by atoms with E-state index in [4.69, 9.17) is 0 Å². The topological polar surface area (TPSA) is 51.2 Å². The minimum absolute atomic E-state index is 0.0325. The summed E-state index contributed by atoms with van der Waals surface area (Å²) in [5.41, 5.74) is 1.14. The summed E-state index contributed by atoms with van der Waals surface area (Å²) >= 11 is 0. The Morgan fingerprint density at radius 2 is 1.94 bits per heavy atom. The van der Waals surface area contributed by atoms with E-state index in [1.54, 1.807) is 13.0 Å². The van der Waals surface area contributed by atoms with Crippen LogP contribution in [0.2, 0.25) is 0 Å². The number of rotatable bonds is 5. The Morgan fingerprint density at radius 1 is 1.29 bits per heavy atom. The van der Waals surface area contributed by atoms with Gasteiger partial charge in [0.05, 0.1) is 5.75 Å². The van der Waals surface area contributed by atoms with Gasteiger partial charge in [0.2, 0.25) is 0 Å². The molecular formula is C13H22O3S. The molecule has 0 unspecified atom stereocenters. The van der Waals surface area contributed by atoms with E-state index in [0.717, 1.165) is 18.4 Å². The number of carbonyl (C=O) groups is 1. The molecule has 0 aromatic heterocycles. The van der Waals surface area contributed by atoms with Crippen molar-refractivity contribution in [2.45, 2.75) is 46.5 Å². The van der Waals surface area contributed by atoms with Gasteiger partial charge in [-0.25, -0.2) is 8.42 Å². The maximum absolute atomic E-state index is 11.5. The van der Waals surface area contributed by atoms with Crippen molar-refractivity contribution >= 4 is 15.6 Å². The summed E-state index contributed by atoms with van der Waals surface area (Å²) in [7, 11) is -2.87. The molecule has 0 saturated carbocycles. The Bertz CT molecular complexity index is 416. The van der Waals surface area contributed by atoms with Crippen molar-refractivity contribution in [3.8, 4) is 0 Å². The maximum Gasteiger partial charge on any atom is 0.156 e. The molecule has 98 valence electrons. The number of hydrogen-bond acceptors (Lipinski definition) is 3. The van der Waals surface area contributed by atoms with Gasteiger partial charge in [-0.3, -0.25) is 4.79 Å². The van der Waals surface area contributed by atoms with Gasteiger partial charge in [0.25, 0.3) is 0 Å². The molecular weight excluding hydrogens is 236 g/mol. The van der Waals surface area contributed by atoms with E-state index in [2.05, 4.69) is 13.8 Å². The van der Waals surface area contributed by atoms with Gasteiger partial charge in [0.1, 0.15) is 9.84 Å². The second-order valence-electron chi connectivity index (χ2n) is 5.63. The molecule has 0 spiro atoms. The third-order valence-electron chi connectivity index (χ3n) is 3.12. The highest BCUT2D eigenvalue weighted by molar-refractivity contribution is 7.91. The summed E-state index contributed by atoms with van der Waals surface area (Å²) in [6.45, 7) is 5.84. The van der Waals surface area contributed by atoms with Crippen LogP contribution in [0, 0.1) is 5.41 Å². The van der Waals surface area contributed by atoms with Crippen LogP contribution in [0.15, 0.2) is 11.6 Å². The zero-order chi connectivity index (χ0) is 13.1. The molecule has 0 fully saturated rings. The van der Waals surface area contributed by atoms with Crippen molar-refractivity contribution in [3.63, 3.8) is 0 Å². The van der Waals surface area contributed by atoms with Gasteiger partial charge in [0, 0.05) is 12.2 Å². The highest BCUT2D eigenvalue weighted by Gasteiger charge is 2.27. The second-order valence-corrected chi connectivity index (χ2v) is 8.10. The lowest BCUT2D eigenvalue weighted by molar-refractivity contribution is -0.117. The maximum atomic E-state index is 11.5. The summed E-state index contributed by atoms with van der Waals surface area (Å²) in [5.74, 6) is 0.612.